The Morgan fingerprint density at radius 3 is 2.60 bits per heavy atom. The second-order valence-electron chi connectivity index (χ2n) is 4.40. The fourth-order valence-corrected chi connectivity index (χ4v) is 1.76. The van der Waals surface area contributed by atoms with Crippen molar-refractivity contribution in [2.24, 2.45) is 0 Å². The summed E-state index contributed by atoms with van der Waals surface area (Å²) in [6.07, 6.45) is -0.840. The van der Waals surface area contributed by atoms with E-state index in [1.165, 1.54) is 18.2 Å². The standard InChI is InChI=1S/C15H15FN2O2/c16-12-3-1-2-11(8-12)15(20)18-9-14(19)10-4-6-13(17)7-5-10/h1-8,14,19H,9,17H2,(H,18,20). The number of nitrogens with two attached hydrogens (primary N) is 1. The van der Waals surface area contributed by atoms with Gasteiger partial charge in [-0.05, 0) is 35.9 Å². The lowest BCUT2D eigenvalue weighted by atomic mass is 10.1. The summed E-state index contributed by atoms with van der Waals surface area (Å²) in [7, 11) is 0. The second-order valence-corrected chi connectivity index (χ2v) is 4.40. The number of hydrogen-bond acceptors (Lipinski definition) is 3. The summed E-state index contributed by atoms with van der Waals surface area (Å²) in [5, 5.41) is 12.5. The van der Waals surface area contributed by atoms with Crippen molar-refractivity contribution in [3.05, 3.63) is 65.5 Å². The summed E-state index contributed by atoms with van der Waals surface area (Å²) in [6.45, 7) is 0.0409. The molecular weight excluding hydrogens is 259 g/mol. The van der Waals surface area contributed by atoms with Crippen LogP contribution in [0.5, 0.6) is 0 Å². The van der Waals surface area contributed by atoms with E-state index in [-0.39, 0.29) is 12.1 Å². The van der Waals surface area contributed by atoms with Crippen LogP contribution in [0.3, 0.4) is 0 Å². The average Bonchev–Trinajstić information content (AvgIpc) is 2.45. The maximum Gasteiger partial charge on any atom is 0.251 e. The van der Waals surface area contributed by atoms with Crippen LogP contribution in [0.25, 0.3) is 0 Å². The fraction of sp³-hybridized carbons (Fsp3) is 0.133. The SMILES string of the molecule is Nc1ccc(C(O)CNC(=O)c2cccc(F)c2)cc1. The Balaban J connectivity index is 1.94. The van der Waals surface area contributed by atoms with E-state index in [1.807, 2.05) is 0 Å². The molecule has 0 saturated heterocycles. The first-order valence-corrected chi connectivity index (χ1v) is 6.13. The third kappa shape index (κ3) is 3.55. The Morgan fingerprint density at radius 2 is 1.95 bits per heavy atom. The van der Waals surface area contributed by atoms with Crippen LogP contribution >= 0.6 is 0 Å². The number of hydrogen-bond donors (Lipinski definition) is 3. The molecule has 104 valence electrons. The molecule has 1 unspecified atom stereocenters. The smallest absolute Gasteiger partial charge is 0.251 e. The van der Waals surface area contributed by atoms with E-state index in [1.54, 1.807) is 24.3 Å². The van der Waals surface area contributed by atoms with Gasteiger partial charge in [-0.15, -0.1) is 0 Å². The number of carbonyl (C=O) groups excluding carboxylic acids is 1. The van der Waals surface area contributed by atoms with Gasteiger partial charge in [0, 0.05) is 17.8 Å². The van der Waals surface area contributed by atoms with Gasteiger partial charge in [-0.3, -0.25) is 4.79 Å². The van der Waals surface area contributed by atoms with Gasteiger partial charge < -0.3 is 16.2 Å². The molecule has 0 saturated carbocycles. The molecule has 0 aromatic heterocycles. The van der Waals surface area contributed by atoms with Crippen molar-refractivity contribution in [3.8, 4) is 0 Å². The fourth-order valence-electron chi connectivity index (χ4n) is 1.76. The van der Waals surface area contributed by atoms with E-state index in [9.17, 15) is 14.3 Å². The summed E-state index contributed by atoms with van der Waals surface area (Å²) in [5.74, 6) is -0.907. The molecule has 0 bridgehead atoms. The highest BCUT2D eigenvalue weighted by atomic mass is 19.1. The minimum Gasteiger partial charge on any atom is -0.399 e. The van der Waals surface area contributed by atoms with Crippen molar-refractivity contribution < 1.29 is 14.3 Å². The van der Waals surface area contributed by atoms with E-state index in [2.05, 4.69) is 5.32 Å². The zero-order chi connectivity index (χ0) is 14.5. The van der Waals surface area contributed by atoms with Crippen LogP contribution in [-0.2, 0) is 0 Å². The Hall–Kier alpha value is -2.40. The summed E-state index contributed by atoms with van der Waals surface area (Å²) < 4.78 is 13.0. The molecule has 1 amide bonds. The Kier molecular flexibility index (Phi) is 4.32. The van der Waals surface area contributed by atoms with Gasteiger partial charge in [0.1, 0.15) is 5.82 Å². The number of aliphatic hydroxyl groups is 1. The molecule has 20 heavy (non-hydrogen) atoms. The van der Waals surface area contributed by atoms with E-state index >= 15 is 0 Å². The zero-order valence-electron chi connectivity index (χ0n) is 10.7. The Morgan fingerprint density at radius 1 is 1.25 bits per heavy atom. The minimum atomic E-state index is -0.840. The molecule has 2 rings (SSSR count). The predicted octanol–water partition coefficient (Wildman–Crippen LogP) is 1.87. The summed E-state index contributed by atoms with van der Waals surface area (Å²) in [6, 6.07) is 12.1. The average molecular weight is 274 g/mol. The van der Waals surface area contributed by atoms with Gasteiger partial charge in [0.05, 0.1) is 6.10 Å². The van der Waals surface area contributed by atoms with Gasteiger partial charge in [0.15, 0.2) is 0 Å². The first-order valence-electron chi connectivity index (χ1n) is 6.13. The molecule has 0 radical (unpaired) electrons. The lowest BCUT2D eigenvalue weighted by Crippen LogP contribution is -2.28. The molecule has 4 N–H and O–H groups in total. The normalized spacial score (nSPS) is 11.9. The van der Waals surface area contributed by atoms with Crippen LogP contribution in [0.4, 0.5) is 10.1 Å². The van der Waals surface area contributed by atoms with E-state index < -0.39 is 17.8 Å². The second kappa shape index (κ2) is 6.16. The molecular formula is C15H15FN2O2. The lowest BCUT2D eigenvalue weighted by molar-refractivity contribution is 0.0916. The summed E-state index contributed by atoms with van der Waals surface area (Å²) in [5.41, 5.74) is 7.02. The van der Waals surface area contributed by atoms with Crippen LogP contribution in [-0.4, -0.2) is 17.6 Å². The molecule has 0 fully saturated rings. The van der Waals surface area contributed by atoms with E-state index in [0.717, 1.165) is 6.07 Å². The van der Waals surface area contributed by atoms with Gasteiger partial charge in [-0.25, -0.2) is 4.39 Å². The van der Waals surface area contributed by atoms with Crippen LogP contribution in [0.2, 0.25) is 0 Å². The maximum atomic E-state index is 13.0. The molecule has 0 aliphatic carbocycles. The number of amides is 1. The maximum absolute atomic E-state index is 13.0. The van der Waals surface area contributed by atoms with Gasteiger partial charge in [-0.1, -0.05) is 18.2 Å². The molecule has 0 aliphatic rings. The van der Waals surface area contributed by atoms with Gasteiger partial charge in [0.25, 0.3) is 5.91 Å². The van der Waals surface area contributed by atoms with Crippen molar-refractivity contribution in [1.29, 1.82) is 0 Å². The first kappa shape index (κ1) is 14.0. The molecule has 2 aromatic carbocycles. The predicted molar refractivity (Wildman–Crippen MR) is 74.5 cm³/mol. The van der Waals surface area contributed by atoms with Crippen molar-refractivity contribution >= 4 is 11.6 Å². The third-order valence-corrected chi connectivity index (χ3v) is 2.86. The minimum absolute atomic E-state index is 0.0409. The molecule has 0 spiro atoms. The van der Waals surface area contributed by atoms with Gasteiger partial charge in [0.2, 0.25) is 0 Å². The van der Waals surface area contributed by atoms with Crippen LogP contribution in [0.15, 0.2) is 48.5 Å². The van der Waals surface area contributed by atoms with Crippen LogP contribution in [0, 0.1) is 5.82 Å². The molecule has 1 atom stereocenters. The Bertz CT molecular complexity index is 599. The van der Waals surface area contributed by atoms with Crippen molar-refractivity contribution in [2.75, 3.05) is 12.3 Å². The Labute approximate surface area is 116 Å². The summed E-state index contributed by atoms with van der Waals surface area (Å²) >= 11 is 0. The van der Waals surface area contributed by atoms with Crippen molar-refractivity contribution in [1.82, 2.24) is 5.32 Å². The van der Waals surface area contributed by atoms with E-state index in [4.69, 9.17) is 5.73 Å². The van der Waals surface area contributed by atoms with Crippen LogP contribution in [0.1, 0.15) is 22.0 Å². The topological polar surface area (TPSA) is 75.3 Å². The van der Waals surface area contributed by atoms with Crippen molar-refractivity contribution in [2.45, 2.75) is 6.10 Å². The first-order chi connectivity index (χ1) is 9.56. The highest BCUT2D eigenvalue weighted by molar-refractivity contribution is 5.94. The highest BCUT2D eigenvalue weighted by Gasteiger charge is 2.11. The number of nitrogens with one attached hydrogen (secondary N) is 1. The number of carbonyl (C=O) groups is 1. The largest absolute Gasteiger partial charge is 0.399 e. The zero-order valence-corrected chi connectivity index (χ0v) is 10.7. The highest BCUT2D eigenvalue weighted by Crippen LogP contribution is 2.14. The monoisotopic (exact) mass is 274 g/mol. The number of benzene rings is 2. The lowest BCUT2D eigenvalue weighted by Gasteiger charge is -2.12. The number of aliphatic hydroxyl groups excluding tert-OH is 1. The van der Waals surface area contributed by atoms with Gasteiger partial charge >= 0.3 is 0 Å². The van der Waals surface area contributed by atoms with Crippen molar-refractivity contribution in [3.63, 3.8) is 0 Å². The van der Waals surface area contributed by atoms with Gasteiger partial charge in [-0.2, -0.15) is 0 Å². The molecule has 0 heterocycles. The van der Waals surface area contributed by atoms with Crippen LogP contribution < -0.4 is 11.1 Å². The molecule has 4 nitrogen and oxygen atoms in total. The number of rotatable bonds is 4. The third-order valence-electron chi connectivity index (χ3n) is 2.86. The molecule has 0 aliphatic heterocycles. The van der Waals surface area contributed by atoms with E-state index in [0.29, 0.717) is 11.3 Å². The number of nitrogen functional groups attached to an aromatic ring is 1. The quantitative estimate of drug-likeness (QED) is 0.745. The molecule has 2 aromatic rings. The summed E-state index contributed by atoms with van der Waals surface area (Å²) in [4.78, 5) is 11.8. The number of halogens is 1. The molecule has 5 heteroatoms. The number of anilines is 1.